The molecule has 3 N–H and O–H groups in total. The van der Waals surface area contributed by atoms with Crippen LogP contribution in [0, 0.1) is 0 Å². The number of nitrogens with two attached hydrogens (primary N) is 1. The van der Waals surface area contributed by atoms with Crippen LogP contribution >= 0.6 is 0 Å². The molecule has 0 unspecified atom stereocenters. The second-order valence-corrected chi connectivity index (χ2v) is 7.38. The summed E-state index contributed by atoms with van der Waals surface area (Å²) in [5.41, 5.74) is 7.63. The summed E-state index contributed by atoms with van der Waals surface area (Å²) >= 11 is 0. The van der Waals surface area contributed by atoms with Gasteiger partial charge in [0, 0.05) is 17.8 Å². The number of nitrogens with one attached hydrogen (secondary N) is 1. The standard InChI is InChI=1S/C20H23N5O/c1-20(21)10-8-15(9-11-20)25-18(26)16-6-2-3-7-17(16)24-19(25)23-14-5-4-12-22-13-14/h2-7,12-13,15H,8-11,21H2,1H3,(H,23,24). The van der Waals surface area contributed by atoms with Crippen LogP contribution in [0.3, 0.4) is 0 Å². The van der Waals surface area contributed by atoms with Gasteiger partial charge in [-0.25, -0.2) is 4.98 Å². The molecule has 1 aliphatic rings. The van der Waals surface area contributed by atoms with E-state index >= 15 is 0 Å². The minimum Gasteiger partial charge on any atom is -0.325 e. The van der Waals surface area contributed by atoms with Gasteiger partial charge in [0.2, 0.25) is 5.95 Å². The maximum atomic E-state index is 13.2. The van der Waals surface area contributed by atoms with Gasteiger partial charge >= 0.3 is 0 Å². The molecule has 4 rings (SSSR count). The normalized spacial score (nSPS) is 23.1. The van der Waals surface area contributed by atoms with E-state index in [-0.39, 0.29) is 17.1 Å². The van der Waals surface area contributed by atoms with Gasteiger partial charge < -0.3 is 11.1 Å². The lowest BCUT2D eigenvalue weighted by Gasteiger charge is -2.35. The van der Waals surface area contributed by atoms with Crippen LogP contribution in [0.2, 0.25) is 0 Å². The molecule has 0 spiro atoms. The van der Waals surface area contributed by atoms with Crippen molar-refractivity contribution in [3.63, 3.8) is 0 Å². The highest BCUT2D eigenvalue weighted by Gasteiger charge is 2.30. The number of rotatable bonds is 3. The second-order valence-electron chi connectivity index (χ2n) is 7.38. The van der Waals surface area contributed by atoms with E-state index in [9.17, 15) is 4.79 Å². The molecule has 2 aromatic heterocycles. The zero-order chi connectivity index (χ0) is 18.1. The van der Waals surface area contributed by atoms with Gasteiger partial charge in [0.05, 0.1) is 22.8 Å². The van der Waals surface area contributed by atoms with Crippen LogP contribution in [0.4, 0.5) is 11.6 Å². The Morgan fingerprint density at radius 3 is 2.69 bits per heavy atom. The lowest BCUT2D eigenvalue weighted by Crippen LogP contribution is -2.42. The van der Waals surface area contributed by atoms with Crippen molar-refractivity contribution in [2.45, 2.75) is 44.2 Å². The van der Waals surface area contributed by atoms with Gasteiger partial charge in [-0.15, -0.1) is 0 Å². The monoisotopic (exact) mass is 349 g/mol. The zero-order valence-electron chi connectivity index (χ0n) is 14.9. The fourth-order valence-corrected chi connectivity index (χ4v) is 3.66. The molecule has 1 aliphatic carbocycles. The van der Waals surface area contributed by atoms with Crippen molar-refractivity contribution in [1.82, 2.24) is 14.5 Å². The molecule has 6 nitrogen and oxygen atoms in total. The third-order valence-corrected chi connectivity index (χ3v) is 5.19. The van der Waals surface area contributed by atoms with Crippen LogP contribution in [0.5, 0.6) is 0 Å². The smallest absolute Gasteiger partial charge is 0.263 e. The van der Waals surface area contributed by atoms with E-state index in [0.717, 1.165) is 31.4 Å². The molecule has 0 aliphatic heterocycles. The molecule has 3 aromatic rings. The summed E-state index contributed by atoms with van der Waals surface area (Å²) in [6, 6.07) is 11.3. The van der Waals surface area contributed by atoms with Gasteiger partial charge in [-0.3, -0.25) is 14.3 Å². The summed E-state index contributed by atoms with van der Waals surface area (Å²) in [6.07, 6.45) is 6.97. The number of hydrogen-bond acceptors (Lipinski definition) is 5. The molecule has 0 atom stereocenters. The number of nitrogens with zero attached hydrogens (tertiary/aromatic N) is 3. The van der Waals surface area contributed by atoms with Crippen molar-refractivity contribution in [1.29, 1.82) is 0 Å². The SMILES string of the molecule is CC1(N)CCC(n2c(Nc3cccnc3)nc3ccccc3c2=O)CC1. The highest BCUT2D eigenvalue weighted by atomic mass is 16.1. The Hall–Kier alpha value is -2.73. The Kier molecular flexibility index (Phi) is 4.20. The molecule has 0 amide bonds. The van der Waals surface area contributed by atoms with E-state index in [1.165, 1.54) is 0 Å². The fraction of sp³-hybridized carbons (Fsp3) is 0.350. The molecule has 26 heavy (non-hydrogen) atoms. The van der Waals surface area contributed by atoms with Crippen LogP contribution in [-0.2, 0) is 0 Å². The van der Waals surface area contributed by atoms with Gasteiger partial charge in [-0.2, -0.15) is 0 Å². The number of pyridine rings is 1. The summed E-state index contributed by atoms with van der Waals surface area (Å²) < 4.78 is 1.81. The predicted molar refractivity (Wildman–Crippen MR) is 104 cm³/mol. The number of benzene rings is 1. The van der Waals surface area contributed by atoms with Gasteiger partial charge in [-0.05, 0) is 56.9 Å². The quantitative estimate of drug-likeness (QED) is 0.757. The van der Waals surface area contributed by atoms with Gasteiger partial charge in [0.15, 0.2) is 0 Å². The molecular weight excluding hydrogens is 326 g/mol. The van der Waals surface area contributed by atoms with E-state index in [2.05, 4.69) is 17.2 Å². The molecule has 134 valence electrons. The first-order valence-corrected chi connectivity index (χ1v) is 9.01. The number of para-hydroxylation sites is 1. The van der Waals surface area contributed by atoms with E-state index in [0.29, 0.717) is 16.9 Å². The van der Waals surface area contributed by atoms with Crippen LogP contribution in [0.15, 0.2) is 53.6 Å². The lowest BCUT2D eigenvalue weighted by molar-refractivity contribution is 0.250. The number of hydrogen-bond donors (Lipinski definition) is 2. The van der Waals surface area contributed by atoms with E-state index in [1.807, 2.05) is 41.0 Å². The first-order chi connectivity index (χ1) is 12.5. The molecule has 2 heterocycles. The van der Waals surface area contributed by atoms with E-state index in [1.54, 1.807) is 12.4 Å². The molecule has 0 radical (unpaired) electrons. The minimum atomic E-state index is -0.151. The van der Waals surface area contributed by atoms with E-state index < -0.39 is 0 Å². The molecule has 0 bridgehead atoms. The molecular formula is C20H23N5O. The number of aromatic nitrogens is 3. The van der Waals surface area contributed by atoms with E-state index in [4.69, 9.17) is 10.7 Å². The second kappa shape index (κ2) is 6.53. The average Bonchev–Trinajstić information content (AvgIpc) is 2.64. The Balaban J connectivity index is 1.82. The van der Waals surface area contributed by atoms with Crippen molar-refractivity contribution in [3.05, 3.63) is 59.1 Å². The predicted octanol–water partition coefficient (Wildman–Crippen LogP) is 3.37. The minimum absolute atomic E-state index is 0.00684. The Morgan fingerprint density at radius 2 is 1.96 bits per heavy atom. The Morgan fingerprint density at radius 1 is 1.19 bits per heavy atom. The largest absolute Gasteiger partial charge is 0.325 e. The molecule has 1 fully saturated rings. The lowest BCUT2D eigenvalue weighted by atomic mass is 9.81. The van der Waals surface area contributed by atoms with Crippen molar-refractivity contribution in [2.75, 3.05) is 5.32 Å². The summed E-state index contributed by atoms with van der Waals surface area (Å²) in [4.78, 5) is 22.1. The zero-order valence-corrected chi connectivity index (χ0v) is 14.9. The summed E-state index contributed by atoms with van der Waals surface area (Å²) in [7, 11) is 0. The number of fused-ring (bicyclic) bond motifs is 1. The fourth-order valence-electron chi connectivity index (χ4n) is 3.66. The summed E-state index contributed by atoms with van der Waals surface area (Å²) in [6.45, 7) is 2.08. The summed E-state index contributed by atoms with van der Waals surface area (Å²) in [5, 5.41) is 3.93. The third-order valence-electron chi connectivity index (χ3n) is 5.19. The molecule has 1 saturated carbocycles. The molecule has 1 aromatic carbocycles. The molecule has 6 heteroatoms. The molecule has 0 saturated heterocycles. The maximum absolute atomic E-state index is 13.2. The van der Waals surface area contributed by atoms with Crippen LogP contribution in [0.25, 0.3) is 10.9 Å². The van der Waals surface area contributed by atoms with Gasteiger partial charge in [0.25, 0.3) is 5.56 Å². The Bertz CT molecular complexity index is 970. The Labute approximate surface area is 152 Å². The van der Waals surface area contributed by atoms with Crippen molar-refractivity contribution < 1.29 is 0 Å². The van der Waals surface area contributed by atoms with Crippen LogP contribution < -0.4 is 16.6 Å². The topological polar surface area (TPSA) is 85.8 Å². The van der Waals surface area contributed by atoms with Crippen LogP contribution in [0.1, 0.15) is 38.6 Å². The first-order valence-electron chi connectivity index (χ1n) is 9.01. The van der Waals surface area contributed by atoms with Gasteiger partial charge in [0.1, 0.15) is 0 Å². The maximum Gasteiger partial charge on any atom is 0.263 e. The van der Waals surface area contributed by atoms with Crippen molar-refractivity contribution >= 4 is 22.5 Å². The van der Waals surface area contributed by atoms with Crippen LogP contribution in [-0.4, -0.2) is 20.1 Å². The van der Waals surface area contributed by atoms with Gasteiger partial charge in [-0.1, -0.05) is 12.1 Å². The first kappa shape index (κ1) is 16.7. The number of anilines is 2. The highest BCUT2D eigenvalue weighted by molar-refractivity contribution is 5.79. The van der Waals surface area contributed by atoms with Crippen molar-refractivity contribution in [2.24, 2.45) is 5.73 Å². The third kappa shape index (κ3) is 3.20. The van der Waals surface area contributed by atoms with Crippen molar-refractivity contribution in [3.8, 4) is 0 Å². The summed E-state index contributed by atoms with van der Waals surface area (Å²) in [5.74, 6) is 0.562. The average molecular weight is 349 g/mol. The highest BCUT2D eigenvalue weighted by Crippen LogP contribution is 2.34.